The van der Waals surface area contributed by atoms with Crippen LogP contribution in [0.25, 0.3) is 10.2 Å². The molecular weight excluding hydrogens is 441 g/mol. The molecule has 31 heavy (non-hydrogen) atoms. The van der Waals surface area contributed by atoms with Crippen molar-refractivity contribution in [2.24, 2.45) is 12.0 Å². The number of halogens is 1. The molecule has 3 aromatic rings. The Morgan fingerprint density at radius 1 is 1.16 bits per heavy atom. The van der Waals surface area contributed by atoms with Crippen molar-refractivity contribution < 1.29 is 22.4 Å². The molecule has 0 saturated heterocycles. The van der Waals surface area contributed by atoms with Crippen molar-refractivity contribution in [3.63, 3.8) is 0 Å². The molecule has 0 spiro atoms. The number of benzene rings is 2. The molecule has 0 fully saturated rings. The van der Waals surface area contributed by atoms with E-state index in [0.29, 0.717) is 16.8 Å². The summed E-state index contributed by atoms with van der Waals surface area (Å²) in [7, 11) is -2.34. The van der Waals surface area contributed by atoms with E-state index >= 15 is 0 Å². The van der Waals surface area contributed by atoms with Gasteiger partial charge in [-0.15, -0.1) is 0 Å². The van der Waals surface area contributed by atoms with E-state index in [1.807, 2.05) is 12.1 Å². The second-order valence-corrected chi connectivity index (χ2v) is 10.4. The highest BCUT2D eigenvalue weighted by molar-refractivity contribution is 7.92. The van der Waals surface area contributed by atoms with Gasteiger partial charge in [0.25, 0.3) is 5.91 Å². The van der Waals surface area contributed by atoms with E-state index in [1.165, 1.54) is 17.0 Å². The second-order valence-electron chi connectivity index (χ2n) is 7.37. The molecule has 0 radical (unpaired) electrons. The van der Waals surface area contributed by atoms with Crippen LogP contribution in [-0.2, 0) is 32.9 Å². The van der Waals surface area contributed by atoms with Crippen LogP contribution < -0.4 is 9.70 Å². The molecule has 0 bridgehead atoms. The Morgan fingerprint density at radius 2 is 1.94 bits per heavy atom. The number of hydrogen-bond donors (Lipinski definition) is 0. The molecule has 1 aromatic heterocycles. The average molecular weight is 462 g/mol. The molecule has 162 valence electrons. The molecule has 2 amide bonds. The summed E-state index contributed by atoms with van der Waals surface area (Å²) in [5.74, 6) is -3.45. The number of carbonyl (C=O) groups excluding carboxylic acids is 2. The fourth-order valence-corrected chi connectivity index (χ4v) is 5.79. The van der Waals surface area contributed by atoms with E-state index in [-0.39, 0.29) is 4.80 Å². The fourth-order valence-electron chi connectivity index (χ4n) is 3.65. The molecule has 0 N–H and O–H groups in total. The summed E-state index contributed by atoms with van der Waals surface area (Å²) in [5, 5.41) is 0. The Labute approximate surface area is 182 Å². The molecule has 0 unspecified atom stereocenters. The first kappa shape index (κ1) is 21.4. The van der Waals surface area contributed by atoms with Crippen LogP contribution in [0.3, 0.4) is 0 Å². The van der Waals surface area contributed by atoms with Gasteiger partial charge in [-0.1, -0.05) is 29.5 Å². The van der Waals surface area contributed by atoms with E-state index < -0.39 is 39.0 Å². The lowest BCUT2D eigenvalue weighted by molar-refractivity contribution is -0.116. The molecule has 1 aliphatic rings. The second kappa shape index (κ2) is 8.35. The number of para-hydroxylation sites is 1. The number of hydrogen-bond acceptors (Lipinski definition) is 5. The summed E-state index contributed by atoms with van der Waals surface area (Å²) in [6, 6.07) is 11.6. The fraction of sp³-hybridized carbons (Fsp3) is 0.286. The molecule has 0 aliphatic carbocycles. The maximum absolute atomic E-state index is 13.4. The number of nitrogens with zero attached hydrogens (tertiary/aromatic N) is 3. The number of amides is 2. The summed E-state index contributed by atoms with van der Waals surface area (Å²) in [5.41, 5.74) is 2.40. The van der Waals surface area contributed by atoms with Gasteiger partial charge in [-0.05, 0) is 42.7 Å². The molecule has 2 aromatic carbocycles. The predicted molar refractivity (Wildman–Crippen MR) is 117 cm³/mol. The van der Waals surface area contributed by atoms with E-state index in [2.05, 4.69) is 4.99 Å². The SMILES string of the molecule is Cn1c(=NC(=O)CS(=O)(=O)CC(=O)N2CCCc3ccccc32)sc2cc(F)ccc21. The van der Waals surface area contributed by atoms with E-state index in [9.17, 15) is 22.4 Å². The number of aromatic nitrogens is 1. The van der Waals surface area contributed by atoms with Crippen LogP contribution in [0, 0.1) is 5.82 Å². The Bertz CT molecular complexity index is 1360. The first-order valence-electron chi connectivity index (χ1n) is 9.65. The molecule has 0 atom stereocenters. The largest absolute Gasteiger partial charge is 0.319 e. The zero-order chi connectivity index (χ0) is 22.2. The Balaban J connectivity index is 1.50. The third-order valence-electron chi connectivity index (χ3n) is 5.09. The molecule has 2 heterocycles. The summed E-state index contributed by atoms with van der Waals surface area (Å²) < 4.78 is 40.6. The van der Waals surface area contributed by atoms with Gasteiger partial charge in [0.05, 0.1) is 10.2 Å². The van der Waals surface area contributed by atoms with E-state index in [4.69, 9.17) is 0 Å². The lowest BCUT2D eigenvalue weighted by Gasteiger charge is -2.29. The number of fused-ring (bicyclic) bond motifs is 2. The van der Waals surface area contributed by atoms with Crippen molar-refractivity contribution >= 4 is 48.9 Å². The van der Waals surface area contributed by atoms with Crippen molar-refractivity contribution in [2.75, 3.05) is 23.0 Å². The molecule has 10 heteroatoms. The normalized spacial score (nSPS) is 14.6. The monoisotopic (exact) mass is 461 g/mol. The van der Waals surface area contributed by atoms with Crippen molar-refractivity contribution in [1.29, 1.82) is 0 Å². The number of anilines is 1. The number of sulfone groups is 1. The molecule has 0 saturated carbocycles. The minimum Gasteiger partial charge on any atom is -0.319 e. The van der Waals surface area contributed by atoms with Crippen LogP contribution >= 0.6 is 11.3 Å². The van der Waals surface area contributed by atoms with Crippen LogP contribution in [0.2, 0.25) is 0 Å². The minimum absolute atomic E-state index is 0.261. The van der Waals surface area contributed by atoms with Crippen LogP contribution in [0.15, 0.2) is 47.5 Å². The van der Waals surface area contributed by atoms with Gasteiger partial charge in [-0.3, -0.25) is 9.59 Å². The maximum Gasteiger partial charge on any atom is 0.263 e. The third-order valence-corrected chi connectivity index (χ3v) is 7.56. The van der Waals surface area contributed by atoms with Crippen LogP contribution in [0.5, 0.6) is 0 Å². The number of rotatable bonds is 4. The number of thiazole rings is 1. The highest BCUT2D eigenvalue weighted by Gasteiger charge is 2.28. The quantitative estimate of drug-likeness (QED) is 0.596. The molecule has 7 nitrogen and oxygen atoms in total. The van der Waals surface area contributed by atoms with Gasteiger partial charge in [0.15, 0.2) is 14.6 Å². The van der Waals surface area contributed by atoms with Crippen molar-refractivity contribution in [1.82, 2.24) is 4.57 Å². The third kappa shape index (κ3) is 4.59. The zero-order valence-electron chi connectivity index (χ0n) is 16.7. The van der Waals surface area contributed by atoms with Gasteiger partial charge in [0.2, 0.25) is 5.91 Å². The first-order valence-corrected chi connectivity index (χ1v) is 12.3. The Hall–Kier alpha value is -2.85. The number of carbonyl (C=O) groups is 2. The van der Waals surface area contributed by atoms with Gasteiger partial charge in [-0.25, -0.2) is 12.8 Å². The van der Waals surface area contributed by atoms with E-state index in [0.717, 1.165) is 35.4 Å². The van der Waals surface area contributed by atoms with Gasteiger partial charge in [-0.2, -0.15) is 4.99 Å². The number of aryl methyl sites for hydroxylation is 2. The maximum atomic E-state index is 13.4. The van der Waals surface area contributed by atoms with Gasteiger partial charge < -0.3 is 9.47 Å². The standard InChI is InChI=1S/C21H20FN3O4S2/c1-24-17-9-8-15(22)11-18(17)30-21(24)23-19(26)12-31(28,29)13-20(27)25-10-4-6-14-5-2-3-7-16(14)25/h2-3,5,7-9,11H,4,6,10,12-13H2,1H3. The highest BCUT2D eigenvalue weighted by atomic mass is 32.2. The molecular formula is C21H20FN3O4S2. The van der Waals surface area contributed by atoms with E-state index in [1.54, 1.807) is 29.8 Å². The highest BCUT2D eigenvalue weighted by Crippen LogP contribution is 2.27. The van der Waals surface area contributed by atoms with Gasteiger partial charge in [0, 0.05) is 19.3 Å². The first-order chi connectivity index (χ1) is 14.7. The van der Waals surface area contributed by atoms with Gasteiger partial charge >= 0.3 is 0 Å². The minimum atomic E-state index is -4.00. The molecule has 1 aliphatic heterocycles. The van der Waals surface area contributed by atoms with Crippen molar-refractivity contribution in [3.8, 4) is 0 Å². The Kier molecular flexibility index (Phi) is 5.76. The smallest absolute Gasteiger partial charge is 0.263 e. The molecule has 4 rings (SSSR count). The van der Waals surface area contributed by atoms with Crippen LogP contribution in [0.4, 0.5) is 10.1 Å². The van der Waals surface area contributed by atoms with Gasteiger partial charge in [0.1, 0.15) is 17.3 Å². The van der Waals surface area contributed by atoms with Crippen molar-refractivity contribution in [2.45, 2.75) is 12.8 Å². The summed E-state index contributed by atoms with van der Waals surface area (Å²) in [6.45, 7) is 0.442. The summed E-state index contributed by atoms with van der Waals surface area (Å²) in [4.78, 5) is 30.6. The van der Waals surface area contributed by atoms with Crippen LogP contribution in [0.1, 0.15) is 12.0 Å². The zero-order valence-corrected chi connectivity index (χ0v) is 18.4. The van der Waals surface area contributed by atoms with Crippen LogP contribution in [-0.4, -0.2) is 42.8 Å². The van der Waals surface area contributed by atoms with Crippen molar-refractivity contribution in [3.05, 3.63) is 58.6 Å². The predicted octanol–water partition coefficient (Wildman–Crippen LogP) is 2.20. The average Bonchev–Trinajstić information content (AvgIpc) is 3.00. The Morgan fingerprint density at radius 3 is 2.74 bits per heavy atom. The summed E-state index contributed by atoms with van der Waals surface area (Å²) in [6.07, 6.45) is 1.58. The lowest BCUT2D eigenvalue weighted by atomic mass is 10.0. The topological polar surface area (TPSA) is 88.8 Å². The lowest BCUT2D eigenvalue weighted by Crippen LogP contribution is -2.40. The summed E-state index contributed by atoms with van der Waals surface area (Å²) >= 11 is 1.09.